The number of methoxy groups -OCH3 is 1. The Labute approximate surface area is 162 Å². The molecule has 6 nitrogen and oxygen atoms in total. The van der Waals surface area contributed by atoms with Crippen LogP contribution in [0.1, 0.15) is 26.0 Å². The van der Waals surface area contributed by atoms with Crippen LogP contribution in [-0.4, -0.2) is 51.3 Å². The van der Waals surface area contributed by atoms with Gasteiger partial charge in [-0.25, -0.2) is 4.98 Å². The maximum absolute atomic E-state index is 5.50. The van der Waals surface area contributed by atoms with Crippen LogP contribution in [0.3, 0.4) is 0 Å². The molecule has 0 saturated heterocycles. The molecule has 0 aliphatic heterocycles. The molecule has 1 fully saturated rings. The molecule has 1 heterocycles. The predicted octanol–water partition coefficient (Wildman–Crippen LogP) is 2.24. The van der Waals surface area contributed by atoms with E-state index in [1.807, 2.05) is 37.2 Å². The van der Waals surface area contributed by atoms with E-state index in [2.05, 4.69) is 34.5 Å². The fraction of sp³-hybridized carbons (Fsp3) is 0.647. The Morgan fingerprint density at radius 2 is 2.12 bits per heavy atom. The van der Waals surface area contributed by atoms with Gasteiger partial charge in [0.1, 0.15) is 5.82 Å². The van der Waals surface area contributed by atoms with Crippen LogP contribution >= 0.6 is 24.0 Å². The summed E-state index contributed by atoms with van der Waals surface area (Å²) < 4.78 is 5.50. The van der Waals surface area contributed by atoms with Crippen LogP contribution < -0.4 is 15.5 Å². The third-order valence-corrected chi connectivity index (χ3v) is 4.68. The Kier molecular flexibility index (Phi) is 7.72. The highest BCUT2D eigenvalue weighted by molar-refractivity contribution is 14.0. The summed E-state index contributed by atoms with van der Waals surface area (Å²) in [5.41, 5.74) is 1.09. The molecule has 0 spiro atoms. The summed E-state index contributed by atoms with van der Waals surface area (Å²) in [6.45, 7) is 5.08. The van der Waals surface area contributed by atoms with Gasteiger partial charge in [-0.1, -0.05) is 19.9 Å². The Hall–Kier alpha value is -1.09. The molecule has 7 heteroatoms. The number of aromatic nitrogens is 1. The highest BCUT2D eigenvalue weighted by Crippen LogP contribution is 2.42. The molecule has 2 atom stereocenters. The number of pyridine rings is 1. The van der Waals surface area contributed by atoms with Crippen molar-refractivity contribution in [3.8, 4) is 0 Å². The van der Waals surface area contributed by atoms with Gasteiger partial charge in [0.2, 0.25) is 0 Å². The van der Waals surface area contributed by atoms with Crippen molar-refractivity contribution in [2.75, 3.05) is 33.2 Å². The number of ether oxygens (including phenoxy) is 1. The average molecular weight is 447 g/mol. The minimum Gasteiger partial charge on any atom is -0.381 e. The van der Waals surface area contributed by atoms with Crippen molar-refractivity contribution in [1.82, 2.24) is 15.6 Å². The van der Waals surface area contributed by atoms with Gasteiger partial charge in [0, 0.05) is 39.7 Å². The first-order valence-electron chi connectivity index (χ1n) is 8.01. The lowest BCUT2D eigenvalue weighted by Crippen LogP contribution is -2.63. The van der Waals surface area contributed by atoms with Crippen molar-refractivity contribution in [2.24, 2.45) is 10.4 Å². The van der Waals surface area contributed by atoms with E-state index < -0.39 is 0 Å². The van der Waals surface area contributed by atoms with Gasteiger partial charge < -0.3 is 20.3 Å². The normalized spacial score (nSPS) is 22.2. The van der Waals surface area contributed by atoms with Gasteiger partial charge in [0.05, 0.1) is 18.3 Å². The number of nitrogens with one attached hydrogen (secondary N) is 2. The van der Waals surface area contributed by atoms with Gasteiger partial charge in [-0.05, 0) is 18.6 Å². The van der Waals surface area contributed by atoms with Crippen molar-refractivity contribution >= 4 is 35.8 Å². The first-order valence-corrected chi connectivity index (χ1v) is 8.01. The van der Waals surface area contributed by atoms with E-state index >= 15 is 0 Å². The molecule has 136 valence electrons. The maximum Gasteiger partial charge on any atom is 0.191 e. The van der Waals surface area contributed by atoms with Gasteiger partial charge in [0.25, 0.3) is 0 Å². The summed E-state index contributed by atoms with van der Waals surface area (Å²) in [4.78, 5) is 10.9. The minimum atomic E-state index is 0. The van der Waals surface area contributed by atoms with E-state index in [1.54, 1.807) is 14.2 Å². The molecule has 0 amide bonds. The van der Waals surface area contributed by atoms with E-state index in [9.17, 15) is 0 Å². The fourth-order valence-corrected chi connectivity index (χ4v) is 2.88. The standard InChI is InChI=1S/C17H29N5O.HI/c1-17(2)13(10-14(17)23-6)21-16(18-3)19-11-12-8-7-9-15(20-12)22(4)5;/h7-9,13-14H,10-11H2,1-6H3,(H2,18,19,21);1H. The number of hydrogen-bond donors (Lipinski definition) is 2. The van der Waals surface area contributed by atoms with Crippen LogP contribution in [0.4, 0.5) is 5.82 Å². The molecule has 0 bridgehead atoms. The van der Waals surface area contributed by atoms with E-state index in [-0.39, 0.29) is 29.4 Å². The highest BCUT2D eigenvalue weighted by Gasteiger charge is 2.48. The van der Waals surface area contributed by atoms with Crippen LogP contribution in [0.2, 0.25) is 0 Å². The van der Waals surface area contributed by atoms with Gasteiger partial charge in [-0.3, -0.25) is 4.99 Å². The minimum absolute atomic E-state index is 0. The molecule has 0 radical (unpaired) electrons. The zero-order valence-electron chi connectivity index (χ0n) is 15.5. The van der Waals surface area contributed by atoms with Gasteiger partial charge >= 0.3 is 0 Å². The zero-order chi connectivity index (χ0) is 17.0. The van der Waals surface area contributed by atoms with Crippen molar-refractivity contribution in [2.45, 2.75) is 39.0 Å². The Morgan fingerprint density at radius 3 is 2.67 bits per heavy atom. The van der Waals surface area contributed by atoms with Gasteiger partial charge in [-0.2, -0.15) is 0 Å². The van der Waals surface area contributed by atoms with Crippen molar-refractivity contribution in [1.29, 1.82) is 0 Å². The van der Waals surface area contributed by atoms with Gasteiger partial charge in [-0.15, -0.1) is 24.0 Å². The Bertz CT molecular complexity index is 562. The molecule has 1 saturated carbocycles. The Balaban J connectivity index is 0.00000288. The largest absolute Gasteiger partial charge is 0.381 e. The molecule has 0 aromatic carbocycles. The molecule has 2 unspecified atom stereocenters. The van der Waals surface area contributed by atoms with Crippen molar-refractivity contribution in [3.05, 3.63) is 23.9 Å². The quantitative estimate of drug-likeness (QED) is 0.412. The first-order chi connectivity index (χ1) is 10.9. The summed E-state index contributed by atoms with van der Waals surface area (Å²) in [5, 5.41) is 6.82. The fourth-order valence-electron chi connectivity index (χ4n) is 2.88. The van der Waals surface area contributed by atoms with E-state index in [0.29, 0.717) is 18.7 Å². The van der Waals surface area contributed by atoms with E-state index in [0.717, 1.165) is 23.9 Å². The third kappa shape index (κ3) is 4.72. The monoisotopic (exact) mass is 447 g/mol. The second-order valence-corrected chi connectivity index (χ2v) is 6.79. The van der Waals surface area contributed by atoms with Crippen molar-refractivity contribution in [3.63, 3.8) is 0 Å². The lowest BCUT2D eigenvalue weighted by Gasteiger charge is -2.51. The molecule has 1 aromatic heterocycles. The molecular weight excluding hydrogens is 417 g/mol. The molecule has 2 N–H and O–H groups in total. The van der Waals surface area contributed by atoms with E-state index in [4.69, 9.17) is 4.74 Å². The first kappa shape index (κ1) is 21.0. The number of aliphatic imine (C=N–C) groups is 1. The second-order valence-electron chi connectivity index (χ2n) is 6.79. The number of nitrogens with zero attached hydrogens (tertiary/aromatic N) is 3. The number of hydrogen-bond acceptors (Lipinski definition) is 4. The summed E-state index contributed by atoms with van der Waals surface area (Å²) in [6, 6.07) is 6.40. The average Bonchev–Trinajstić information content (AvgIpc) is 2.53. The zero-order valence-corrected chi connectivity index (χ0v) is 17.8. The number of guanidine groups is 1. The topological polar surface area (TPSA) is 61.8 Å². The maximum atomic E-state index is 5.50. The van der Waals surface area contributed by atoms with Crippen LogP contribution in [0.15, 0.2) is 23.2 Å². The number of anilines is 1. The van der Waals surface area contributed by atoms with E-state index in [1.165, 1.54) is 0 Å². The predicted molar refractivity (Wildman–Crippen MR) is 110 cm³/mol. The molecule has 1 aliphatic rings. The lowest BCUT2D eigenvalue weighted by atomic mass is 9.64. The lowest BCUT2D eigenvalue weighted by molar-refractivity contribution is -0.0922. The molecule has 1 aliphatic carbocycles. The Morgan fingerprint density at radius 1 is 1.42 bits per heavy atom. The van der Waals surface area contributed by atoms with Crippen LogP contribution in [-0.2, 0) is 11.3 Å². The number of rotatable bonds is 5. The van der Waals surface area contributed by atoms with Crippen LogP contribution in [0, 0.1) is 5.41 Å². The molecule has 2 rings (SSSR count). The molecular formula is C17H30IN5O. The smallest absolute Gasteiger partial charge is 0.191 e. The van der Waals surface area contributed by atoms with Crippen molar-refractivity contribution < 1.29 is 4.74 Å². The summed E-state index contributed by atoms with van der Waals surface area (Å²) in [6.07, 6.45) is 1.30. The summed E-state index contributed by atoms with van der Waals surface area (Å²) >= 11 is 0. The molecule has 1 aromatic rings. The summed E-state index contributed by atoms with van der Waals surface area (Å²) in [5.74, 6) is 1.75. The highest BCUT2D eigenvalue weighted by atomic mass is 127. The third-order valence-electron chi connectivity index (χ3n) is 4.68. The molecule has 24 heavy (non-hydrogen) atoms. The number of halogens is 1. The summed E-state index contributed by atoms with van der Waals surface area (Å²) in [7, 11) is 7.55. The van der Waals surface area contributed by atoms with Crippen LogP contribution in [0.5, 0.6) is 0 Å². The SMILES string of the molecule is CN=C(NCc1cccc(N(C)C)n1)NC1CC(OC)C1(C)C.I. The second kappa shape index (κ2) is 8.84. The van der Waals surface area contributed by atoms with Crippen LogP contribution in [0.25, 0.3) is 0 Å². The van der Waals surface area contributed by atoms with Gasteiger partial charge in [0.15, 0.2) is 5.96 Å².